The minimum atomic E-state index is -0.0844. The van der Waals surface area contributed by atoms with Gasteiger partial charge >= 0.3 is 0 Å². The van der Waals surface area contributed by atoms with Gasteiger partial charge in [-0.25, -0.2) is 5.48 Å². The summed E-state index contributed by atoms with van der Waals surface area (Å²) in [5, 5.41) is 3.45. The molecule has 1 aliphatic carbocycles. The summed E-state index contributed by atoms with van der Waals surface area (Å²) in [4.78, 5) is 17.4. The second-order valence-corrected chi connectivity index (χ2v) is 5.85. The van der Waals surface area contributed by atoms with Crippen molar-refractivity contribution in [3.05, 3.63) is 35.9 Å². The Morgan fingerprint density at radius 2 is 2.05 bits per heavy atom. The molecule has 3 atom stereocenters. The average molecular weight is 274 g/mol. The number of hydrogen-bond donors (Lipinski definition) is 2. The van der Waals surface area contributed by atoms with E-state index in [0.29, 0.717) is 18.6 Å². The van der Waals surface area contributed by atoms with Crippen molar-refractivity contribution >= 4 is 5.91 Å². The van der Waals surface area contributed by atoms with Gasteiger partial charge in [0, 0.05) is 6.04 Å². The molecule has 1 saturated heterocycles. The smallest absolute Gasteiger partial charge is 0.260 e. The molecule has 2 aliphatic rings. The third kappa shape index (κ3) is 3.19. The van der Waals surface area contributed by atoms with Crippen LogP contribution in [0.4, 0.5) is 0 Å². The van der Waals surface area contributed by atoms with Gasteiger partial charge in [0.1, 0.15) is 0 Å². The van der Waals surface area contributed by atoms with E-state index in [1.807, 2.05) is 30.3 Å². The number of carbonyl (C=O) groups is 1. The summed E-state index contributed by atoms with van der Waals surface area (Å²) in [5.41, 5.74) is 3.64. The normalized spacial score (nSPS) is 28.9. The van der Waals surface area contributed by atoms with E-state index in [2.05, 4.69) is 10.8 Å². The Labute approximate surface area is 119 Å². The molecule has 3 unspecified atom stereocenters. The summed E-state index contributed by atoms with van der Waals surface area (Å²) in [6, 6.07) is 10.3. The quantitative estimate of drug-likeness (QED) is 0.827. The maximum absolute atomic E-state index is 12.1. The third-order valence-electron chi connectivity index (χ3n) is 4.43. The van der Waals surface area contributed by atoms with Gasteiger partial charge in [-0.3, -0.25) is 9.63 Å². The predicted octanol–water partition coefficient (Wildman–Crippen LogP) is 2.16. The lowest BCUT2D eigenvalue weighted by atomic mass is 9.85. The molecular weight excluding hydrogens is 252 g/mol. The van der Waals surface area contributed by atoms with Gasteiger partial charge in [0.2, 0.25) is 0 Å². The molecule has 20 heavy (non-hydrogen) atoms. The lowest BCUT2D eigenvalue weighted by Crippen LogP contribution is -2.43. The first-order chi connectivity index (χ1) is 9.83. The molecule has 1 aromatic rings. The van der Waals surface area contributed by atoms with Crippen molar-refractivity contribution in [1.82, 2.24) is 10.8 Å². The maximum atomic E-state index is 12.1. The average Bonchev–Trinajstić information content (AvgIpc) is 2.92. The zero-order chi connectivity index (χ0) is 13.8. The Balaban J connectivity index is 1.43. The Bertz CT molecular complexity index is 435. The molecule has 0 bridgehead atoms. The van der Waals surface area contributed by atoms with E-state index in [1.54, 1.807) is 0 Å². The van der Waals surface area contributed by atoms with Crippen LogP contribution in [0, 0.1) is 5.92 Å². The summed E-state index contributed by atoms with van der Waals surface area (Å²) >= 11 is 0. The van der Waals surface area contributed by atoms with Crippen molar-refractivity contribution in [2.45, 2.75) is 50.8 Å². The van der Waals surface area contributed by atoms with Crippen LogP contribution in [0.1, 0.15) is 37.7 Å². The molecular formula is C16H22N2O2. The Hall–Kier alpha value is -1.39. The van der Waals surface area contributed by atoms with Crippen molar-refractivity contribution in [3.8, 4) is 0 Å². The van der Waals surface area contributed by atoms with E-state index in [1.165, 1.54) is 25.7 Å². The number of hydrogen-bond acceptors (Lipinski definition) is 3. The molecule has 1 heterocycles. The molecule has 2 N–H and O–H groups in total. The Morgan fingerprint density at radius 1 is 1.25 bits per heavy atom. The monoisotopic (exact) mass is 274 g/mol. The van der Waals surface area contributed by atoms with E-state index in [4.69, 9.17) is 4.84 Å². The van der Waals surface area contributed by atoms with Gasteiger partial charge in [-0.15, -0.1) is 0 Å². The Kier molecular flexibility index (Phi) is 4.33. The fourth-order valence-electron chi connectivity index (χ4n) is 3.36. The lowest BCUT2D eigenvalue weighted by molar-refractivity contribution is -0.136. The fourth-order valence-corrected chi connectivity index (χ4v) is 3.36. The number of hydroxylamine groups is 1. The molecule has 2 fully saturated rings. The van der Waals surface area contributed by atoms with Crippen LogP contribution in [0.3, 0.4) is 0 Å². The molecule has 1 amide bonds. The standard InChI is InChI=1S/C16H22N2O2/c19-16(18-20-11-12-6-2-1-3-7-12)15-10-13-8-4-5-9-14(13)17-15/h1-3,6-7,13-15,17H,4-5,8-11H2,(H,18,19). The highest BCUT2D eigenvalue weighted by atomic mass is 16.6. The van der Waals surface area contributed by atoms with Gasteiger partial charge in [0.05, 0.1) is 12.6 Å². The van der Waals surface area contributed by atoms with Crippen molar-refractivity contribution in [2.75, 3.05) is 0 Å². The third-order valence-corrected chi connectivity index (χ3v) is 4.43. The van der Waals surface area contributed by atoms with Crippen LogP contribution >= 0.6 is 0 Å². The SMILES string of the molecule is O=C(NOCc1ccccc1)C1CC2CCCCC2N1. The van der Waals surface area contributed by atoms with Gasteiger partial charge in [-0.1, -0.05) is 43.2 Å². The predicted molar refractivity (Wildman–Crippen MR) is 76.7 cm³/mol. The van der Waals surface area contributed by atoms with Gasteiger partial charge in [0.25, 0.3) is 5.91 Å². The Morgan fingerprint density at radius 3 is 2.85 bits per heavy atom. The lowest BCUT2D eigenvalue weighted by Gasteiger charge is -2.24. The molecule has 4 heteroatoms. The summed E-state index contributed by atoms with van der Waals surface area (Å²) in [6.45, 7) is 0.409. The molecule has 0 spiro atoms. The highest BCUT2D eigenvalue weighted by Gasteiger charge is 2.38. The summed E-state index contributed by atoms with van der Waals surface area (Å²) < 4.78 is 0. The van der Waals surface area contributed by atoms with Crippen LogP contribution < -0.4 is 10.8 Å². The number of fused-ring (bicyclic) bond motifs is 1. The molecule has 0 radical (unpaired) electrons. The van der Waals surface area contributed by atoms with Crippen molar-refractivity contribution in [3.63, 3.8) is 0 Å². The number of amides is 1. The number of rotatable bonds is 4. The topological polar surface area (TPSA) is 50.4 Å². The van der Waals surface area contributed by atoms with E-state index >= 15 is 0 Å². The first kappa shape index (κ1) is 13.6. The van der Waals surface area contributed by atoms with Crippen LogP contribution in [-0.4, -0.2) is 18.0 Å². The van der Waals surface area contributed by atoms with Gasteiger partial charge in [0.15, 0.2) is 0 Å². The zero-order valence-electron chi connectivity index (χ0n) is 11.7. The molecule has 1 aromatic carbocycles. The minimum Gasteiger partial charge on any atom is -0.303 e. The fraction of sp³-hybridized carbons (Fsp3) is 0.562. The van der Waals surface area contributed by atoms with Gasteiger partial charge in [-0.05, 0) is 30.7 Å². The summed E-state index contributed by atoms with van der Waals surface area (Å²) in [7, 11) is 0. The van der Waals surface area contributed by atoms with Crippen LogP contribution in [0.5, 0.6) is 0 Å². The molecule has 0 aromatic heterocycles. The minimum absolute atomic E-state index is 0.0321. The first-order valence-corrected chi connectivity index (χ1v) is 7.54. The molecule has 1 aliphatic heterocycles. The largest absolute Gasteiger partial charge is 0.303 e. The van der Waals surface area contributed by atoms with Crippen LogP contribution in [0.15, 0.2) is 30.3 Å². The maximum Gasteiger partial charge on any atom is 0.260 e. The van der Waals surface area contributed by atoms with Crippen LogP contribution in [0.2, 0.25) is 0 Å². The summed E-state index contributed by atoms with van der Waals surface area (Å²) in [5.74, 6) is 0.643. The van der Waals surface area contributed by atoms with Crippen LogP contribution in [-0.2, 0) is 16.2 Å². The van der Waals surface area contributed by atoms with E-state index in [0.717, 1.165) is 12.0 Å². The number of carbonyl (C=O) groups excluding carboxylic acids is 1. The number of nitrogens with one attached hydrogen (secondary N) is 2. The zero-order valence-corrected chi connectivity index (χ0v) is 11.7. The molecule has 4 nitrogen and oxygen atoms in total. The van der Waals surface area contributed by atoms with Gasteiger partial charge in [-0.2, -0.15) is 0 Å². The van der Waals surface area contributed by atoms with Crippen LogP contribution in [0.25, 0.3) is 0 Å². The van der Waals surface area contributed by atoms with E-state index in [-0.39, 0.29) is 11.9 Å². The molecule has 3 rings (SSSR count). The van der Waals surface area contributed by atoms with Gasteiger partial charge < -0.3 is 5.32 Å². The first-order valence-electron chi connectivity index (χ1n) is 7.54. The van der Waals surface area contributed by atoms with Crippen molar-refractivity contribution in [1.29, 1.82) is 0 Å². The molecule has 108 valence electrons. The molecule has 1 saturated carbocycles. The second-order valence-electron chi connectivity index (χ2n) is 5.85. The van der Waals surface area contributed by atoms with E-state index < -0.39 is 0 Å². The van der Waals surface area contributed by atoms with E-state index in [9.17, 15) is 4.79 Å². The highest BCUT2D eigenvalue weighted by Crippen LogP contribution is 2.33. The van der Waals surface area contributed by atoms with Crippen molar-refractivity contribution < 1.29 is 9.63 Å². The second kappa shape index (κ2) is 6.37. The summed E-state index contributed by atoms with van der Waals surface area (Å²) in [6.07, 6.45) is 6.01. The highest BCUT2D eigenvalue weighted by molar-refractivity contribution is 5.81. The van der Waals surface area contributed by atoms with Crippen molar-refractivity contribution in [2.24, 2.45) is 5.92 Å². The number of benzene rings is 1.